The maximum Gasteiger partial charge on any atom is 0.387 e. The molecule has 0 bridgehead atoms. The Kier molecular flexibility index (Phi) is 8.23. The second kappa shape index (κ2) is 12.2. The van der Waals surface area contributed by atoms with Gasteiger partial charge in [0.25, 0.3) is 5.91 Å². The SMILES string of the molecule is CN(C)CCn1nnc(Cn2cc(NC(=O)c3cnn4cccnc34)c(-c3cc(OC(F)F)ccc3OC(F)F)n2)n1. The smallest absolute Gasteiger partial charge is 0.387 e. The molecule has 42 heavy (non-hydrogen) atoms. The van der Waals surface area contributed by atoms with Gasteiger partial charge in [0, 0.05) is 25.1 Å². The van der Waals surface area contributed by atoms with Crippen molar-refractivity contribution in [3.05, 3.63) is 60.4 Å². The van der Waals surface area contributed by atoms with Crippen molar-refractivity contribution in [1.29, 1.82) is 0 Å². The molecule has 4 heterocycles. The van der Waals surface area contributed by atoms with Crippen molar-refractivity contribution in [2.45, 2.75) is 26.3 Å². The molecule has 0 unspecified atom stereocenters. The first-order chi connectivity index (χ1) is 20.2. The van der Waals surface area contributed by atoms with Crippen LogP contribution in [0.1, 0.15) is 16.2 Å². The molecule has 0 aliphatic rings. The number of halogens is 4. The summed E-state index contributed by atoms with van der Waals surface area (Å²) in [7, 11) is 3.80. The number of aromatic nitrogens is 9. The van der Waals surface area contributed by atoms with E-state index in [4.69, 9.17) is 0 Å². The van der Waals surface area contributed by atoms with Crippen LogP contribution in [0.5, 0.6) is 11.5 Å². The molecule has 1 N–H and O–H groups in total. The summed E-state index contributed by atoms with van der Waals surface area (Å²) in [5.74, 6) is -1.11. The van der Waals surface area contributed by atoms with Crippen LogP contribution in [0.3, 0.4) is 0 Å². The molecular weight excluding hydrogens is 566 g/mol. The van der Waals surface area contributed by atoms with E-state index >= 15 is 0 Å². The molecule has 1 amide bonds. The van der Waals surface area contributed by atoms with Crippen molar-refractivity contribution in [1.82, 2.24) is 49.5 Å². The second-order valence-electron chi connectivity index (χ2n) is 9.01. The summed E-state index contributed by atoms with van der Waals surface area (Å²) in [5.41, 5.74) is 0.171. The molecular formula is C24H23F4N11O3. The van der Waals surface area contributed by atoms with Crippen LogP contribution in [0.2, 0.25) is 0 Å². The molecule has 0 saturated heterocycles. The molecule has 0 fully saturated rings. The van der Waals surface area contributed by atoms with Crippen molar-refractivity contribution in [3.8, 4) is 22.8 Å². The number of nitrogens with one attached hydrogen (secondary N) is 1. The quantitative estimate of drug-likeness (QED) is 0.216. The number of likely N-dealkylation sites (N-methyl/N-ethyl adjacent to an activating group) is 1. The lowest BCUT2D eigenvalue weighted by molar-refractivity contribution is -0.0526. The van der Waals surface area contributed by atoms with Gasteiger partial charge in [-0.1, -0.05) is 0 Å². The van der Waals surface area contributed by atoms with Crippen molar-refractivity contribution in [2.24, 2.45) is 0 Å². The molecule has 0 aliphatic heterocycles. The van der Waals surface area contributed by atoms with E-state index in [0.717, 1.165) is 18.2 Å². The van der Waals surface area contributed by atoms with Crippen LogP contribution in [0.4, 0.5) is 23.2 Å². The van der Waals surface area contributed by atoms with Crippen LogP contribution in [0.25, 0.3) is 16.9 Å². The third-order valence-corrected chi connectivity index (χ3v) is 5.73. The highest BCUT2D eigenvalue weighted by Crippen LogP contribution is 2.38. The summed E-state index contributed by atoms with van der Waals surface area (Å²) in [5, 5.41) is 23.5. The first kappa shape index (κ1) is 28.4. The van der Waals surface area contributed by atoms with Crippen LogP contribution in [-0.2, 0) is 13.1 Å². The number of hydrogen-bond donors (Lipinski definition) is 1. The number of alkyl halides is 4. The topological polar surface area (TPSA) is 142 Å². The van der Waals surface area contributed by atoms with E-state index in [9.17, 15) is 22.4 Å². The zero-order valence-corrected chi connectivity index (χ0v) is 22.1. The minimum atomic E-state index is -3.24. The zero-order chi connectivity index (χ0) is 29.8. The molecule has 0 radical (unpaired) electrons. The number of amides is 1. The average Bonchev–Trinajstić information content (AvgIpc) is 3.66. The van der Waals surface area contributed by atoms with E-state index in [1.807, 2.05) is 19.0 Å². The lowest BCUT2D eigenvalue weighted by Crippen LogP contribution is -2.19. The summed E-state index contributed by atoms with van der Waals surface area (Å²) < 4.78 is 64.3. The van der Waals surface area contributed by atoms with E-state index < -0.39 is 24.9 Å². The molecule has 4 aromatic heterocycles. The summed E-state index contributed by atoms with van der Waals surface area (Å²) in [6.07, 6.45) is 5.79. The number of carbonyl (C=O) groups is 1. The van der Waals surface area contributed by atoms with Gasteiger partial charge in [0.1, 0.15) is 29.3 Å². The van der Waals surface area contributed by atoms with Crippen molar-refractivity contribution >= 4 is 17.2 Å². The first-order valence-corrected chi connectivity index (χ1v) is 12.3. The fourth-order valence-corrected chi connectivity index (χ4v) is 3.91. The number of benzene rings is 1. The van der Waals surface area contributed by atoms with Gasteiger partial charge in [-0.05, 0) is 43.6 Å². The van der Waals surface area contributed by atoms with E-state index in [-0.39, 0.29) is 46.3 Å². The number of tetrazole rings is 1. The fraction of sp³-hybridized carbons (Fsp3) is 0.292. The molecule has 18 heteroatoms. The van der Waals surface area contributed by atoms with Gasteiger partial charge in [0.05, 0.1) is 24.0 Å². The molecule has 0 aliphatic carbocycles. The number of carbonyl (C=O) groups excluding carboxylic acids is 1. The number of ether oxygens (including phenoxy) is 2. The zero-order valence-electron chi connectivity index (χ0n) is 22.1. The second-order valence-corrected chi connectivity index (χ2v) is 9.01. The predicted octanol–water partition coefficient (Wildman–Crippen LogP) is 2.64. The maximum atomic E-state index is 13.3. The third kappa shape index (κ3) is 6.60. The Balaban J connectivity index is 1.53. The highest BCUT2D eigenvalue weighted by Gasteiger charge is 2.23. The van der Waals surface area contributed by atoms with Gasteiger partial charge in [-0.2, -0.15) is 32.6 Å². The molecule has 0 spiro atoms. The van der Waals surface area contributed by atoms with Crippen LogP contribution in [-0.4, -0.2) is 89.3 Å². The number of rotatable bonds is 12. The monoisotopic (exact) mass is 589 g/mol. The molecule has 0 atom stereocenters. The minimum Gasteiger partial charge on any atom is -0.435 e. The van der Waals surface area contributed by atoms with E-state index in [1.54, 1.807) is 12.3 Å². The number of hydrogen-bond acceptors (Lipinski definition) is 10. The molecule has 220 valence electrons. The molecule has 14 nitrogen and oxygen atoms in total. The normalized spacial score (nSPS) is 11.6. The van der Waals surface area contributed by atoms with Crippen LogP contribution < -0.4 is 14.8 Å². The van der Waals surface area contributed by atoms with Gasteiger partial charge in [-0.25, -0.2) is 9.50 Å². The number of fused-ring (bicyclic) bond motifs is 1. The Bertz CT molecular complexity index is 1690. The molecule has 0 saturated carbocycles. The summed E-state index contributed by atoms with van der Waals surface area (Å²) in [4.78, 5) is 20.8. The van der Waals surface area contributed by atoms with Gasteiger partial charge >= 0.3 is 13.2 Å². The average molecular weight is 590 g/mol. The Morgan fingerprint density at radius 2 is 1.93 bits per heavy atom. The Morgan fingerprint density at radius 3 is 2.69 bits per heavy atom. The van der Waals surface area contributed by atoms with Crippen LogP contribution >= 0.6 is 0 Å². The van der Waals surface area contributed by atoms with Gasteiger partial charge < -0.3 is 19.7 Å². The predicted molar refractivity (Wildman–Crippen MR) is 137 cm³/mol. The minimum absolute atomic E-state index is 0.0264. The highest BCUT2D eigenvalue weighted by atomic mass is 19.3. The molecule has 5 rings (SSSR count). The van der Waals surface area contributed by atoms with E-state index in [1.165, 1.54) is 32.6 Å². The Hall–Kier alpha value is -5.13. The summed E-state index contributed by atoms with van der Waals surface area (Å²) in [6.45, 7) is -5.30. The highest BCUT2D eigenvalue weighted by molar-refractivity contribution is 6.09. The standard InChI is InChI=1S/C24H23F4N11O3/c1-36(2)8-9-39-33-19(32-35-39)13-37-12-17(31-22(40)16-11-30-38-7-3-6-29-21(16)38)20(34-37)15-10-14(41-23(25)26)4-5-18(15)42-24(27)28/h3-7,10-12,23-24H,8-9,13H2,1-2H3,(H,31,40). The lowest BCUT2D eigenvalue weighted by Gasteiger charge is -2.13. The van der Waals surface area contributed by atoms with Crippen molar-refractivity contribution in [2.75, 3.05) is 26.0 Å². The lowest BCUT2D eigenvalue weighted by atomic mass is 10.1. The molecule has 1 aromatic carbocycles. The fourth-order valence-electron chi connectivity index (χ4n) is 3.91. The molecule has 5 aromatic rings. The third-order valence-electron chi connectivity index (χ3n) is 5.73. The largest absolute Gasteiger partial charge is 0.435 e. The number of nitrogens with zero attached hydrogens (tertiary/aromatic N) is 10. The Morgan fingerprint density at radius 1 is 1.12 bits per heavy atom. The van der Waals surface area contributed by atoms with Crippen molar-refractivity contribution < 1.29 is 31.8 Å². The van der Waals surface area contributed by atoms with E-state index in [2.05, 4.69) is 45.4 Å². The Labute approximate surface area is 234 Å². The van der Waals surface area contributed by atoms with Crippen molar-refractivity contribution in [3.63, 3.8) is 0 Å². The van der Waals surface area contributed by atoms with Gasteiger partial charge in [0.15, 0.2) is 11.5 Å². The summed E-state index contributed by atoms with van der Waals surface area (Å²) in [6, 6.07) is 4.77. The number of anilines is 1. The van der Waals surface area contributed by atoms with Gasteiger partial charge in [-0.3, -0.25) is 9.48 Å². The first-order valence-electron chi connectivity index (χ1n) is 12.3. The van der Waals surface area contributed by atoms with Gasteiger partial charge in [0.2, 0.25) is 0 Å². The summed E-state index contributed by atoms with van der Waals surface area (Å²) >= 11 is 0. The van der Waals surface area contributed by atoms with Crippen LogP contribution in [0, 0.1) is 0 Å². The van der Waals surface area contributed by atoms with Crippen LogP contribution in [0.15, 0.2) is 49.1 Å². The van der Waals surface area contributed by atoms with E-state index in [0.29, 0.717) is 13.1 Å². The maximum absolute atomic E-state index is 13.3. The van der Waals surface area contributed by atoms with Gasteiger partial charge in [-0.15, -0.1) is 10.2 Å².